The van der Waals surface area contributed by atoms with Crippen LogP contribution in [0.5, 0.6) is 0 Å². The molecule has 3 heteroatoms. The summed E-state index contributed by atoms with van der Waals surface area (Å²) in [6, 6.07) is 0. The van der Waals surface area contributed by atoms with Gasteiger partial charge in [0, 0.05) is 37.5 Å². The molecule has 23 heavy (non-hydrogen) atoms. The maximum atomic E-state index is 12.4. The Morgan fingerprint density at radius 1 is 0.870 bits per heavy atom. The van der Waals surface area contributed by atoms with Crippen LogP contribution in [0.15, 0.2) is 12.2 Å². The van der Waals surface area contributed by atoms with Crippen molar-refractivity contribution >= 4 is 17.3 Å². The lowest BCUT2D eigenvalue weighted by atomic mass is 9.82. The third-order valence-electron chi connectivity index (χ3n) is 5.19. The second-order valence-corrected chi connectivity index (χ2v) is 7.65. The highest BCUT2D eigenvalue weighted by atomic mass is 16.1. The van der Waals surface area contributed by atoms with E-state index < -0.39 is 0 Å². The topological polar surface area (TPSA) is 51.2 Å². The normalized spacial score (nSPS) is 32.4. The molecule has 4 unspecified atom stereocenters. The van der Waals surface area contributed by atoms with Crippen molar-refractivity contribution in [2.75, 3.05) is 0 Å². The first kappa shape index (κ1) is 19.8. The summed E-state index contributed by atoms with van der Waals surface area (Å²) in [4.78, 5) is 36.8. The molecule has 1 saturated carbocycles. The molecule has 0 N–H and O–H groups in total. The molecule has 4 atom stereocenters. The van der Waals surface area contributed by atoms with E-state index in [-0.39, 0.29) is 41.0 Å². The monoisotopic (exact) mass is 320 g/mol. The van der Waals surface area contributed by atoms with Crippen LogP contribution in [-0.2, 0) is 14.4 Å². The van der Waals surface area contributed by atoms with Crippen molar-refractivity contribution in [2.45, 2.75) is 72.6 Å². The Balaban J connectivity index is 2.86. The van der Waals surface area contributed by atoms with Crippen LogP contribution in [0.3, 0.4) is 0 Å². The zero-order chi connectivity index (χ0) is 17.6. The van der Waals surface area contributed by atoms with Crippen molar-refractivity contribution in [2.24, 2.45) is 23.7 Å². The van der Waals surface area contributed by atoms with Gasteiger partial charge in [-0.15, -0.1) is 0 Å². The number of hydrogen-bond donors (Lipinski definition) is 0. The average molecular weight is 320 g/mol. The molecule has 0 spiro atoms. The lowest BCUT2D eigenvalue weighted by Gasteiger charge is -2.21. The van der Waals surface area contributed by atoms with Crippen molar-refractivity contribution in [1.82, 2.24) is 0 Å². The predicted molar refractivity (Wildman–Crippen MR) is 93.1 cm³/mol. The van der Waals surface area contributed by atoms with Gasteiger partial charge in [-0.2, -0.15) is 0 Å². The van der Waals surface area contributed by atoms with Gasteiger partial charge in [0.2, 0.25) is 0 Å². The fourth-order valence-corrected chi connectivity index (χ4v) is 3.24. The van der Waals surface area contributed by atoms with Gasteiger partial charge in [0.25, 0.3) is 0 Å². The van der Waals surface area contributed by atoms with Crippen molar-refractivity contribution in [3.8, 4) is 0 Å². The van der Waals surface area contributed by atoms with Gasteiger partial charge in [0.05, 0.1) is 0 Å². The Bertz CT molecular complexity index is 464. The molecule has 0 aromatic rings. The van der Waals surface area contributed by atoms with Crippen LogP contribution >= 0.6 is 0 Å². The molecule has 0 aromatic heterocycles. The minimum absolute atomic E-state index is 0.0233. The third kappa shape index (κ3) is 6.80. The van der Waals surface area contributed by atoms with Crippen LogP contribution in [-0.4, -0.2) is 17.3 Å². The van der Waals surface area contributed by atoms with E-state index in [1.165, 1.54) is 0 Å². The standard InChI is InChI=1S/C20H32O3/c1-13(2)17-8-7-15(4)19(22)9-6-14(3)10-18(21)11-16(5)20(23)12-17/h14-17H,1,6-12H2,2-5H3. The predicted octanol–water partition coefficient (Wildman–Crippen LogP) is 4.54. The van der Waals surface area contributed by atoms with Gasteiger partial charge in [0.1, 0.15) is 17.3 Å². The maximum absolute atomic E-state index is 12.4. The van der Waals surface area contributed by atoms with E-state index in [0.29, 0.717) is 25.7 Å². The Morgan fingerprint density at radius 2 is 1.52 bits per heavy atom. The van der Waals surface area contributed by atoms with Gasteiger partial charge in [-0.1, -0.05) is 32.9 Å². The second kappa shape index (κ2) is 9.14. The molecule has 0 aliphatic heterocycles. The quantitative estimate of drug-likeness (QED) is 0.667. The van der Waals surface area contributed by atoms with Crippen LogP contribution in [0.4, 0.5) is 0 Å². The van der Waals surface area contributed by atoms with Crippen LogP contribution in [0, 0.1) is 23.7 Å². The van der Waals surface area contributed by atoms with Crippen molar-refractivity contribution in [3.05, 3.63) is 12.2 Å². The Hall–Kier alpha value is -1.25. The maximum Gasteiger partial charge on any atom is 0.136 e. The molecule has 0 heterocycles. The number of Topliss-reactive ketones (excluding diaryl/α,β-unsaturated/α-hetero) is 3. The lowest BCUT2D eigenvalue weighted by Crippen LogP contribution is -2.22. The van der Waals surface area contributed by atoms with E-state index in [9.17, 15) is 14.4 Å². The van der Waals surface area contributed by atoms with Gasteiger partial charge in [0.15, 0.2) is 0 Å². The van der Waals surface area contributed by atoms with E-state index >= 15 is 0 Å². The summed E-state index contributed by atoms with van der Waals surface area (Å²) in [5.74, 6) is 0.720. The molecule has 1 rings (SSSR count). The number of ketones is 3. The fraction of sp³-hybridized carbons (Fsp3) is 0.750. The van der Waals surface area contributed by atoms with Gasteiger partial charge in [-0.25, -0.2) is 0 Å². The highest BCUT2D eigenvalue weighted by molar-refractivity contribution is 5.88. The fourth-order valence-electron chi connectivity index (χ4n) is 3.24. The SMILES string of the molecule is C=C(C)C1CCC(C)C(=O)CCC(C)CC(=O)CC(C)C(=O)C1. The number of allylic oxidation sites excluding steroid dienone is 1. The Kier molecular flexibility index (Phi) is 7.87. The molecule has 0 amide bonds. The molecule has 130 valence electrons. The first-order valence-corrected chi connectivity index (χ1v) is 8.93. The highest BCUT2D eigenvalue weighted by Gasteiger charge is 2.24. The molecule has 0 bridgehead atoms. The molecule has 0 radical (unpaired) electrons. The molecule has 1 fully saturated rings. The molecule has 1 aliphatic rings. The minimum atomic E-state index is -0.210. The summed E-state index contributed by atoms with van der Waals surface area (Å²) >= 11 is 0. The number of hydrogen-bond acceptors (Lipinski definition) is 3. The van der Waals surface area contributed by atoms with Crippen molar-refractivity contribution in [3.63, 3.8) is 0 Å². The van der Waals surface area contributed by atoms with E-state index in [2.05, 4.69) is 6.58 Å². The first-order valence-electron chi connectivity index (χ1n) is 8.93. The minimum Gasteiger partial charge on any atom is -0.300 e. The summed E-state index contributed by atoms with van der Waals surface area (Å²) in [5, 5.41) is 0. The number of carbonyl (C=O) groups excluding carboxylic acids is 3. The molecule has 0 saturated heterocycles. The summed E-state index contributed by atoms with van der Waals surface area (Å²) in [5.41, 5.74) is 0.997. The summed E-state index contributed by atoms with van der Waals surface area (Å²) < 4.78 is 0. The van der Waals surface area contributed by atoms with Gasteiger partial charge in [-0.3, -0.25) is 14.4 Å². The summed E-state index contributed by atoms with van der Waals surface area (Å²) in [6.07, 6.45) is 4.21. The average Bonchev–Trinajstić information content (AvgIpc) is 2.46. The molecular weight excluding hydrogens is 288 g/mol. The largest absolute Gasteiger partial charge is 0.300 e. The Morgan fingerprint density at radius 3 is 2.13 bits per heavy atom. The second-order valence-electron chi connectivity index (χ2n) is 7.65. The van der Waals surface area contributed by atoms with Crippen LogP contribution < -0.4 is 0 Å². The molecule has 0 aromatic carbocycles. The van der Waals surface area contributed by atoms with E-state index in [0.717, 1.165) is 24.8 Å². The zero-order valence-electron chi connectivity index (χ0n) is 15.2. The summed E-state index contributed by atoms with van der Waals surface area (Å²) in [7, 11) is 0. The van der Waals surface area contributed by atoms with Crippen LogP contribution in [0.1, 0.15) is 72.6 Å². The van der Waals surface area contributed by atoms with Gasteiger partial charge >= 0.3 is 0 Å². The highest BCUT2D eigenvalue weighted by Crippen LogP contribution is 2.27. The summed E-state index contributed by atoms with van der Waals surface area (Å²) in [6.45, 7) is 11.8. The zero-order valence-corrected chi connectivity index (χ0v) is 15.2. The van der Waals surface area contributed by atoms with E-state index in [1.807, 2.05) is 27.7 Å². The number of rotatable bonds is 1. The third-order valence-corrected chi connectivity index (χ3v) is 5.19. The first-order chi connectivity index (χ1) is 10.7. The molecule has 3 nitrogen and oxygen atoms in total. The molecule has 1 aliphatic carbocycles. The lowest BCUT2D eigenvalue weighted by molar-refractivity contribution is -0.128. The smallest absolute Gasteiger partial charge is 0.136 e. The van der Waals surface area contributed by atoms with Crippen LogP contribution in [0.25, 0.3) is 0 Å². The number of carbonyl (C=O) groups is 3. The van der Waals surface area contributed by atoms with Gasteiger partial charge < -0.3 is 0 Å². The van der Waals surface area contributed by atoms with Gasteiger partial charge in [-0.05, 0) is 38.0 Å². The van der Waals surface area contributed by atoms with E-state index in [4.69, 9.17) is 0 Å². The van der Waals surface area contributed by atoms with Crippen LogP contribution in [0.2, 0.25) is 0 Å². The van der Waals surface area contributed by atoms with Crippen molar-refractivity contribution in [1.29, 1.82) is 0 Å². The van der Waals surface area contributed by atoms with E-state index in [1.54, 1.807) is 0 Å². The Labute approximate surface area is 140 Å². The molecular formula is C20H32O3. The van der Waals surface area contributed by atoms with Crippen molar-refractivity contribution < 1.29 is 14.4 Å².